The lowest BCUT2D eigenvalue weighted by Gasteiger charge is -2.37. The van der Waals surface area contributed by atoms with E-state index in [4.69, 9.17) is 40.1 Å². The van der Waals surface area contributed by atoms with Crippen molar-refractivity contribution in [2.45, 2.75) is 25.3 Å². The summed E-state index contributed by atoms with van der Waals surface area (Å²) >= 11 is 12.0. The van der Waals surface area contributed by atoms with Crippen LogP contribution in [0.25, 0.3) is 0 Å². The highest BCUT2D eigenvalue weighted by Crippen LogP contribution is 2.25. The second kappa shape index (κ2) is 6.78. The van der Waals surface area contributed by atoms with Crippen molar-refractivity contribution in [3.63, 3.8) is 0 Å². The van der Waals surface area contributed by atoms with Gasteiger partial charge >= 0.3 is 0 Å². The lowest BCUT2D eigenvalue weighted by atomic mass is 9.91. The summed E-state index contributed by atoms with van der Waals surface area (Å²) in [6.45, 7) is 3.68. The van der Waals surface area contributed by atoms with Gasteiger partial charge in [0.2, 0.25) is 0 Å². The molecule has 0 atom stereocenters. The molecule has 25 heavy (non-hydrogen) atoms. The molecule has 0 radical (unpaired) electrons. The van der Waals surface area contributed by atoms with E-state index in [2.05, 4.69) is 21.8 Å². The van der Waals surface area contributed by atoms with Crippen LogP contribution in [0, 0.1) is 5.41 Å². The summed E-state index contributed by atoms with van der Waals surface area (Å²) in [6.07, 6.45) is 3.41. The molecule has 1 aliphatic heterocycles. The normalized spacial score (nSPS) is 16.7. The van der Waals surface area contributed by atoms with Crippen LogP contribution in [-0.4, -0.2) is 34.3 Å². The van der Waals surface area contributed by atoms with Gasteiger partial charge in [0.15, 0.2) is 5.82 Å². The second-order valence-corrected chi connectivity index (χ2v) is 7.51. The Morgan fingerprint density at radius 2 is 1.80 bits per heavy atom. The molecule has 132 valence electrons. The zero-order valence-electron chi connectivity index (χ0n) is 13.9. The first-order valence-corrected chi connectivity index (χ1v) is 8.72. The Bertz CT molecular complexity index is 791. The SMILES string of the molecule is CC1(N)CCN(c2cnc(C(=N)c3cc(Cl)cc(Cl)c3)c(N)n2)CC1. The van der Waals surface area contributed by atoms with E-state index in [1.54, 1.807) is 24.4 Å². The van der Waals surface area contributed by atoms with Gasteiger partial charge in [0, 0.05) is 34.2 Å². The highest BCUT2D eigenvalue weighted by Gasteiger charge is 2.27. The van der Waals surface area contributed by atoms with Crippen molar-refractivity contribution in [1.82, 2.24) is 9.97 Å². The third-order valence-corrected chi connectivity index (χ3v) is 4.84. The third kappa shape index (κ3) is 4.03. The maximum Gasteiger partial charge on any atom is 0.154 e. The van der Waals surface area contributed by atoms with E-state index in [-0.39, 0.29) is 17.1 Å². The number of nitrogens with zero attached hydrogens (tertiary/aromatic N) is 3. The van der Waals surface area contributed by atoms with Gasteiger partial charge in [-0.3, -0.25) is 5.41 Å². The van der Waals surface area contributed by atoms with Crippen LogP contribution >= 0.6 is 23.2 Å². The van der Waals surface area contributed by atoms with Crippen LogP contribution in [-0.2, 0) is 0 Å². The van der Waals surface area contributed by atoms with E-state index in [0.29, 0.717) is 27.1 Å². The molecule has 0 saturated carbocycles. The van der Waals surface area contributed by atoms with Crippen LogP contribution in [0.5, 0.6) is 0 Å². The van der Waals surface area contributed by atoms with Crippen LogP contribution in [0.2, 0.25) is 10.0 Å². The van der Waals surface area contributed by atoms with Crippen molar-refractivity contribution in [3.8, 4) is 0 Å². The van der Waals surface area contributed by atoms with Gasteiger partial charge in [-0.25, -0.2) is 9.97 Å². The van der Waals surface area contributed by atoms with Crippen LogP contribution < -0.4 is 16.4 Å². The van der Waals surface area contributed by atoms with E-state index < -0.39 is 0 Å². The zero-order valence-corrected chi connectivity index (χ0v) is 15.4. The summed E-state index contributed by atoms with van der Waals surface area (Å²) in [4.78, 5) is 10.9. The molecule has 0 unspecified atom stereocenters. The number of aromatic nitrogens is 2. The molecule has 6 nitrogen and oxygen atoms in total. The minimum absolute atomic E-state index is 0.133. The molecule has 0 bridgehead atoms. The molecule has 1 aromatic carbocycles. The number of hydrogen-bond acceptors (Lipinski definition) is 6. The zero-order chi connectivity index (χ0) is 18.2. The van der Waals surface area contributed by atoms with Crippen molar-refractivity contribution in [2.24, 2.45) is 5.73 Å². The number of anilines is 2. The molecule has 1 aromatic heterocycles. The fourth-order valence-electron chi connectivity index (χ4n) is 2.82. The summed E-state index contributed by atoms with van der Waals surface area (Å²) < 4.78 is 0. The minimum Gasteiger partial charge on any atom is -0.382 e. The van der Waals surface area contributed by atoms with E-state index in [9.17, 15) is 0 Å². The molecule has 3 rings (SSSR count). The van der Waals surface area contributed by atoms with Crippen molar-refractivity contribution < 1.29 is 0 Å². The van der Waals surface area contributed by atoms with Gasteiger partial charge in [0.05, 0.1) is 11.9 Å². The molecule has 1 aliphatic rings. The highest BCUT2D eigenvalue weighted by molar-refractivity contribution is 6.35. The Morgan fingerprint density at radius 1 is 1.20 bits per heavy atom. The quantitative estimate of drug-likeness (QED) is 0.711. The molecule has 1 fully saturated rings. The fraction of sp³-hybridized carbons (Fsp3) is 0.353. The number of nitrogens with one attached hydrogen (secondary N) is 1. The molecule has 0 spiro atoms. The van der Waals surface area contributed by atoms with Gasteiger partial charge in [0.25, 0.3) is 0 Å². The number of nitrogens with two attached hydrogens (primary N) is 2. The number of rotatable bonds is 3. The molecular formula is C17H20Cl2N6. The van der Waals surface area contributed by atoms with Crippen molar-refractivity contribution in [3.05, 3.63) is 45.7 Å². The minimum atomic E-state index is -0.136. The van der Waals surface area contributed by atoms with Gasteiger partial charge in [-0.05, 0) is 38.0 Å². The first-order chi connectivity index (χ1) is 11.7. The van der Waals surface area contributed by atoms with Crippen LogP contribution in [0.3, 0.4) is 0 Å². The Hall–Kier alpha value is -1.89. The van der Waals surface area contributed by atoms with E-state index >= 15 is 0 Å². The molecular weight excluding hydrogens is 359 g/mol. The average molecular weight is 379 g/mol. The van der Waals surface area contributed by atoms with Crippen LogP contribution in [0.1, 0.15) is 31.0 Å². The molecule has 2 aromatic rings. The summed E-state index contributed by atoms with van der Waals surface area (Å²) in [5, 5.41) is 9.25. The van der Waals surface area contributed by atoms with E-state index in [0.717, 1.165) is 25.9 Å². The monoisotopic (exact) mass is 378 g/mol. The summed E-state index contributed by atoms with van der Waals surface area (Å²) in [5.41, 5.74) is 13.1. The lowest BCUT2D eigenvalue weighted by Crippen LogP contribution is -2.48. The summed E-state index contributed by atoms with van der Waals surface area (Å²) in [7, 11) is 0. The predicted octanol–water partition coefficient (Wildman–Crippen LogP) is 3.10. The smallest absolute Gasteiger partial charge is 0.154 e. The number of halogens is 2. The van der Waals surface area contributed by atoms with Crippen molar-refractivity contribution >= 4 is 40.5 Å². The largest absolute Gasteiger partial charge is 0.382 e. The van der Waals surface area contributed by atoms with Crippen molar-refractivity contribution in [2.75, 3.05) is 23.7 Å². The Kier molecular flexibility index (Phi) is 4.86. The molecule has 8 heteroatoms. The maximum atomic E-state index is 8.34. The Balaban J connectivity index is 1.83. The standard InChI is InChI=1S/C17H20Cl2N6/c1-17(22)2-4-25(5-3-17)13-9-23-15(16(21)24-13)14(20)10-6-11(18)8-12(19)7-10/h6-9,20H,2-5,22H2,1H3,(H2,21,24). The highest BCUT2D eigenvalue weighted by atomic mass is 35.5. The lowest BCUT2D eigenvalue weighted by molar-refractivity contribution is 0.363. The topological polar surface area (TPSA) is 105 Å². The van der Waals surface area contributed by atoms with Gasteiger partial charge in [0.1, 0.15) is 11.5 Å². The number of nitrogen functional groups attached to an aromatic ring is 1. The maximum absolute atomic E-state index is 8.34. The Labute approximate surface area is 156 Å². The number of hydrogen-bond donors (Lipinski definition) is 3. The van der Waals surface area contributed by atoms with Crippen LogP contribution in [0.15, 0.2) is 24.4 Å². The second-order valence-electron chi connectivity index (χ2n) is 6.64. The Morgan fingerprint density at radius 3 is 2.36 bits per heavy atom. The van der Waals surface area contributed by atoms with Gasteiger partial charge in [-0.15, -0.1) is 0 Å². The van der Waals surface area contributed by atoms with E-state index in [1.807, 2.05) is 0 Å². The molecule has 0 amide bonds. The molecule has 0 aliphatic carbocycles. The fourth-order valence-corrected chi connectivity index (χ4v) is 3.35. The summed E-state index contributed by atoms with van der Waals surface area (Å²) in [5.74, 6) is 0.911. The molecule has 2 heterocycles. The van der Waals surface area contributed by atoms with Gasteiger partial charge in [-0.2, -0.15) is 0 Å². The predicted molar refractivity (Wildman–Crippen MR) is 103 cm³/mol. The molecule has 1 saturated heterocycles. The first-order valence-electron chi connectivity index (χ1n) is 7.97. The van der Waals surface area contributed by atoms with E-state index in [1.165, 1.54) is 0 Å². The first kappa shape index (κ1) is 17.9. The van der Waals surface area contributed by atoms with Crippen LogP contribution in [0.4, 0.5) is 11.6 Å². The van der Waals surface area contributed by atoms with Gasteiger partial charge in [-0.1, -0.05) is 23.2 Å². The average Bonchev–Trinajstić information content (AvgIpc) is 2.53. The molecule has 5 N–H and O–H groups in total. The number of piperidine rings is 1. The van der Waals surface area contributed by atoms with Crippen molar-refractivity contribution in [1.29, 1.82) is 5.41 Å². The number of benzene rings is 1. The third-order valence-electron chi connectivity index (χ3n) is 4.40. The van der Waals surface area contributed by atoms with Gasteiger partial charge < -0.3 is 16.4 Å². The summed E-state index contributed by atoms with van der Waals surface area (Å²) in [6, 6.07) is 4.91.